The van der Waals surface area contributed by atoms with Gasteiger partial charge in [0.1, 0.15) is 16.1 Å². The monoisotopic (exact) mass is 520 g/mol. The van der Waals surface area contributed by atoms with Crippen molar-refractivity contribution >= 4 is 56.0 Å². The highest BCUT2D eigenvalue weighted by Gasteiger charge is 2.32. The lowest BCUT2D eigenvalue weighted by Gasteiger charge is -2.26. The van der Waals surface area contributed by atoms with E-state index in [1.807, 2.05) is 30.3 Å². The van der Waals surface area contributed by atoms with Crippen molar-refractivity contribution < 1.29 is 28.3 Å². The minimum absolute atomic E-state index is 0.160. The molecule has 0 fully saturated rings. The number of hydrogen-bond acceptors (Lipinski definition) is 8. The van der Waals surface area contributed by atoms with Gasteiger partial charge in [0, 0.05) is 16.8 Å². The zero-order valence-corrected chi connectivity index (χ0v) is 21.1. The van der Waals surface area contributed by atoms with Crippen LogP contribution in [0.15, 0.2) is 51.7 Å². The number of fused-ring (bicyclic) bond motifs is 4. The number of carbonyl (C=O) groups is 3. The number of hydrogen-bond donors (Lipinski definition) is 1. The molecule has 37 heavy (non-hydrogen) atoms. The molecule has 190 valence electrons. The van der Waals surface area contributed by atoms with Gasteiger partial charge in [-0.25, -0.2) is 14.4 Å². The largest absolute Gasteiger partial charge is 0.462 e. The van der Waals surface area contributed by atoms with E-state index in [4.69, 9.17) is 13.9 Å². The molecule has 0 bridgehead atoms. The number of amides is 2. The third-order valence-corrected chi connectivity index (χ3v) is 7.31. The van der Waals surface area contributed by atoms with Crippen molar-refractivity contribution in [2.45, 2.75) is 26.8 Å². The first kappa shape index (κ1) is 24.5. The van der Waals surface area contributed by atoms with E-state index in [0.717, 1.165) is 21.2 Å². The molecule has 0 atom stereocenters. The Morgan fingerprint density at radius 3 is 2.62 bits per heavy atom. The fourth-order valence-corrected chi connectivity index (χ4v) is 5.73. The Kier molecular flexibility index (Phi) is 6.66. The maximum atomic E-state index is 13.3. The van der Waals surface area contributed by atoms with E-state index >= 15 is 0 Å². The van der Waals surface area contributed by atoms with E-state index in [0.29, 0.717) is 23.9 Å². The van der Waals surface area contributed by atoms with E-state index in [-0.39, 0.29) is 35.9 Å². The first-order valence-corrected chi connectivity index (χ1v) is 12.7. The predicted molar refractivity (Wildman–Crippen MR) is 139 cm³/mol. The number of ether oxygens (including phenoxy) is 2. The van der Waals surface area contributed by atoms with Gasteiger partial charge in [-0.3, -0.25) is 4.79 Å². The number of nitrogens with one attached hydrogen (secondary N) is 1. The zero-order chi connectivity index (χ0) is 26.1. The quantitative estimate of drug-likeness (QED) is 0.225. The summed E-state index contributed by atoms with van der Waals surface area (Å²) in [5.41, 5.74) is 0.370. The zero-order valence-electron chi connectivity index (χ0n) is 20.3. The maximum Gasteiger partial charge on any atom is 0.410 e. The molecular formula is C27H24N2O7S. The highest BCUT2D eigenvalue weighted by Crippen LogP contribution is 2.38. The molecule has 0 spiro atoms. The second kappa shape index (κ2) is 10.1. The van der Waals surface area contributed by atoms with Crippen molar-refractivity contribution in [3.8, 4) is 0 Å². The molecule has 5 rings (SSSR count). The average molecular weight is 521 g/mol. The summed E-state index contributed by atoms with van der Waals surface area (Å²) in [6, 6.07) is 12.7. The molecule has 9 nitrogen and oxygen atoms in total. The molecule has 1 N–H and O–H groups in total. The van der Waals surface area contributed by atoms with Crippen molar-refractivity contribution in [3.05, 3.63) is 74.5 Å². The van der Waals surface area contributed by atoms with Gasteiger partial charge < -0.3 is 24.1 Å². The number of anilines is 1. The van der Waals surface area contributed by atoms with E-state index < -0.39 is 23.6 Å². The van der Waals surface area contributed by atoms with Crippen LogP contribution < -0.4 is 10.9 Å². The number of benzene rings is 2. The Hall–Kier alpha value is -4.18. The summed E-state index contributed by atoms with van der Waals surface area (Å²) < 4.78 is 15.8. The topological polar surface area (TPSA) is 115 Å². The smallest absolute Gasteiger partial charge is 0.410 e. The fourth-order valence-electron chi connectivity index (χ4n) is 4.48. The van der Waals surface area contributed by atoms with Gasteiger partial charge in [-0.2, -0.15) is 0 Å². The Labute approximate surface area is 215 Å². The third-order valence-electron chi connectivity index (χ3n) is 6.18. The van der Waals surface area contributed by atoms with Crippen LogP contribution in [0.5, 0.6) is 0 Å². The molecule has 0 saturated heterocycles. The summed E-state index contributed by atoms with van der Waals surface area (Å²) >= 11 is 1.18. The number of esters is 1. The van der Waals surface area contributed by atoms with Gasteiger partial charge in [0.15, 0.2) is 0 Å². The van der Waals surface area contributed by atoms with Crippen LogP contribution in [-0.2, 0) is 22.4 Å². The molecule has 0 saturated carbocycles. The van der Waals surface area contributed by atoms with Crippen LogP contribution in [0.3, 0.4) is 0 Å². The van der Waals surface area contributed by atoms with Crippen LogP contribution in [0.1, 0.15) is 45.0 Å². The lowest BCUT2D eigenvalue weighted by Crippen LogP contribution is -2.36. The SMILES string of the molecule is CCOC(=O)c1c(NC(=O)c2cc3c(ccc4ccccc43)oc2=O)sc2c1CCN(C(=O)OCC)C2. The standard InChI is InChI=1S/C27H24N2O7S/c1-3-34-26(32)22-17-11-12-29(27(33)35-4-2)14-21(17)37-24(22)28-23(30)19-13-18-16-8-6-5-7-15(16)9-10-20(18)36-25(19)31/h5-10,13H,3-4,11-12,14H2,1-2H3,(H,28,30). The molecule has 0 aliphatic carbocycles. The van der Waals surface area contributed by atoms with E-state index in [9.17, 15) is 19.2 Å². The van der Waals surface area contributed by atoms with Crippen molar-refractivity contribution in [3.63, 3.8) is 0 Å². The van der Waals surface area contributed by atoms with Gasteiger partial charge in [-0.1, -0.05) is 30.3 Å². The van der Waals surface area contributed by atoms with Crippen molar-refractivity contribution in [1.29, 1.82) is 0 Å². The van der Waals surface area contributed by atoms with Gasteiger partial charge in [-0.15, -0.1) is 11.3 Å². The van der Waals surface area contributed by atoms with Crippen molar-refractivity contribution in [2.75, 3.05) is 25.1 Å². The van der Waals surface area contributed by atoms with Gasteiger partial charge in [0.05, 0.1) is 25.3 Å². The van der Waals surface area contributed by atoms with Crippen molar-refractivity contribution in [1.82, 2.24) is 4.90 Å². The molecule has 2 amide bonds. The molecule has 10 heteroatoms. The Balaban J connectivity index is 1.52. The number of thiophene rings is 1. The Morgan fingerprint density at radius 2 is 1.84 bits per heavy atom. The summed E-state index contributed by atoms with van der Waals surface area (Å²) in [7, 11) is 0. The number of carbonyl (C=O) groups excluding carboxylic acids is 3. The van der Waals surface area contributed by atoms with Crippen LogP contribution in [0.4, 0.5) is 9.80 Å². The normalized spacial score (nSPS) is 12.9. The average Bonchev–Trinajstić information content (AvgIpc) is 3.25. The second-order valence-corrected chi connectivity index (χ2v) is 9.50. The van der Waals surface area contributed by atoms with E-state index in [1.165, 1.54) is 17.4 Å². The van der Waals surface area contributed by atoms with Gasteiger partial charge in [0.25, 0.3) is 5.91 Å². The molecule has 0 radical (unpaired) electrons. The summed E-state index contributed by atoms with van der Waals surface area (Å²) in [5, 5.41) is 5.40. The molecular weight excluding hydrogens is 496 g/mol. The van der Waals surface area contributed by atoms with Crippen LogP contribution in [0.2, 0.25) is 0 Å². The Bertz CT molecular complexity index is 1600. The third kappa shape index (κ3) is 4.55. The molecule has 2 aromatic carbocycles. The molecule has 0 unspecified atom stereocenters. The molecule has 2 aromatic heterocycles. The number of nitrogens with zero attached hydrogens (tertiary/aromatic N) is 1. The van der Waals surface area contributed by atoms with Crippen LogP contribution in [0.25, 0.3) is 21.7 Å². The summed E-state index contributed by atoms with van der Waals surface area (Å²) in [5.74, 6) is -1.27. The van der Waals surface area contributed by atoms with Crippen LogP contribution in [0, 0.1) is 0 Å². The summed E-state index contributed by atoms with van der Waals surface area (Å²) in [6.45, 7) is 4.45. The van der Waals surface area contributed by atoms with Crippen LogP contribution in [-0.4, -0.2) is 42.6 Å². The van der Waals surface area contributed by atoms with Crippen LogP contribution >= 0.6 is 11.3 Å². The minimum atomic E-state index is -0.784. The van der Waals surface area contributed by atoms with E-state index in [2.05, 4.69) is 5.32 Å². The summed E-state index contributed by atoms with van der Waals surface area (Å²) in [6.07, 6.45) is -0.0375. The minimum Gasteiger partial charge on any atom is -0.462 e. The lowest BCUT2D eigenvalue weighted by molar-refractivity contribution is 0.0526. The first-order valence-electron chi connectivity index (χ1n) is 11.9. The summed E-state index contributed by atoms with van der Waals surface area (Å²) in [4.78, 5) is 53.4. The molecule has 4 aromatic rings. The second-order valence-electron chi connectivity index (χ2n) is 8.40. The molecule has 1 aliphatic rings. The Morgan fingerprint density at radius 1 is 1.05 bits per heavy atom. The molecule has 3 heterocycles. The predicted octanol–water partition coefficient (Wildman–Crippen LogP) is 4.95. The first-order chi connectivity index (χ1) is 17.9. The maximum absolute atomic E-state index is 13.3. The highest BCUT2D eigenvalue weighted by atomic mass is 32.1. The van der Waals surface area contributed by atoms with Crippen molar-refractivity contribution in [2.24, 2.45) is 0 Å². The molecule has 1 aliphatic heterocycles. The van der Waals surface area contributed by atoms with Gasteiger partial charge in [0.2, 0.25) is 0 Å². The fraction of sp³-hybridized carbons (Fsp3) is 0.259. The van der Waals surface area contributed by atoms with Gasteiger partial charge in [-0.05, 0) is 48.7 Å². The number of rotatable bonds is 5. The highest BCUT2D eigenvalue weighted by molar-refractivity contribution is 7.17. The van der Waals surface area contributed by atoms with E-state index in [1.54, 1.807) is 24.8 Å². The van der Waals surface area contributed by atoms with Gasteiger partial charge >= 0.3 is 17.7 Å². The lowest BCUT2D eigenvalue weighted by atomic mass is 10.0.